The maximum absolute atomic E-state index is 14.7. The molecule has 1 N–H and O–H groups in total. The zero-order valence-corrected chi connectivity index (χ0v) is 16.3. The summed E-state index contributed by atoms with van der Waals surface area (Å²) in [5, 5.41) is 3.02. The van der Waals surface area contributed by atoms with Gasteiger partial charge in [-0.1, -0.05) is 49.4 Å². The number of benzene rings is 2. The highest BCUT2D eigenvalue weighted by Gasteiger charge is 2.38. The molecule has 6 heteroatoms. The lowest BCUT2D eigenvalue weighted by atomic mass is 9.91. The number of likely N-dealkylation sites (N-methyl/N-ethyl adjacent to an activating group) is 1. The number of rotatable bonds is 9. The predicted octanol–water partition coefficient (Wildman–Crippen LogP) is 3.20. The van der Waals surface area contributed by atoms with Crippen molar-refractivity contribution in [1.82, 2.24) is 5.32 Å². The fourth-order valence-electron chi connectivity index (χ4n) is 2.88. The summed E-state index contributed by atoms with van der Waals surface area (Å²) in [6, 6.07) is 14.4. The Bertz CT molecular complexity index is 824. The molecule has 2 aromatic carbocycles. The summed E-state index contributed by atoms with van der Waals surface area (Å²) in [7, 11) is -1.73. The molecular weight excluding hydrogens is 353 g/mol. The zero-order chi connectivity index (χ0) is 19.2. The third-order valence-electron chi connectivity index (χ3n) is 4.48. The van der Waals surface area contributed by atoms with Crippen LogP contribution in [0, 0.1) is 12.7 Å². The molecule has 0 spiro atoms. The Balaban J connectivity index is 2.33. The normalized spacial score (nSPS) is 14.2. The average molecular weight is 379 g/mol. The Kier molecular flexibility index (Phi) is 6.92. The smallest absolute Gasteiger partial charge is 0.152 e. The van der Waals surface area contributed by atoms with Gasteiger partial charge in [-0.05, 0) is 31.2 Å². The third-order valence-corrected chi connectivity index (χ3v) is 6.30. The van der Waals surface area contributed by atoms with E-state index in [0.717, 1.165) is 11.1 Å². The van der Waals surface area contributed by atoms with Gasteiger partial charge in [-0.3, -0.25) is 0 Å². The van der Waals surface area contributed by atoms with Crippen LogP contribution in [0.15, 0.2) is 48.5 Å². The lowest BCUT2D eigenvalue weighted by Crippen LogP contribution is -2.50. The molecule has 1 unspecified atom stereocenters. The molecule has 0 heterocycles. The maximum atomic E-state index is 14.7. The van der Waals surface area contributed by atoms with E-state index >= 15 is 0 Å². The molecule has 0 bridgehead atoms. The Labute approximate surface area is 155 Å². The fourth-order valence-corrected chi connectivity index (χ4v) is 4.22. The van der Waals surface area contributed by atoms with Gasteiger partial charge in [0.05, 0.1) is 24.5 Å². The molecule has 0 radical (unpaired) electrons. The molecule has 0 aliphatic heterocycles. The summed E-state index contributed by atoms with van der Waals surface area (Å²) >= 11 is 0. The molecule has 2 aromatic rings. The van der Waals surface area contributed by atoms with Gasteiger partial charge in [-0.2, -0.15) is 0 Å². The Morgan fingerprint density at radius 2 is 1.85 bits per heavy atom. The van der Waals surface area contributed by atoms with Gasteiger partial charge < -0.3 is 10.1 Å². The van der Waals surface area contributed by atoms with Gasteiger partial charge in [-0.15, -0.1) is 0 Å². The van der Waals surface area contributed by atoms with E-state index in [1.54, 1.807) is 33.0 Å². The van der Waals surface area contributed by atoms with Crippen molar-refractivity contribution < 1.29 is 17.5 Å². The van der Waals surface area contributed by atoms with E-state index in [2.05, 4.69) is 5.32 Å². The summed E-state index contributed by atoms with van der Waals surface area (Å²) < 4.78 is 45.2. The number of halogens is 1. The van der Waals surface area contributed by atoms with Crippen LogP contribution in [0.3, 0.4) is 0 Å². The van der Waals surface area contributed by atoms with Crippen molar-refractivity contribution >= 4 is 9.84 Å². The fraction of sp³-hybridized carbons (Fsp3) is 0.400. The number of aryl methyl sites for hydroxylation is 1. The van der Waals surface area contributed by atoms with E-state index in [4.69, 9.17) is 4.74 Å². The second-order valence-electron chi connectivity index (χ2n) is 6.47. The average Bonchev–Trinajstić information content (AvgIpc) is 2.61. The largest absolute Gasteiger partial charge is 0.374 e. The minimum atomic E-state index is -3.37. The Morgan fingerprint density at radius 3 is 2.42 bits per heavy atom. The number of sulfone groups is 1. The van der Waals surface area contributed by atoms with Gasteiger partial charge in [-0.25, -0.2) is 12.8 Å². The lowest BCUT2D eigenvalue weighted by Gasteiger charge is -2.34. The molecular formula is C20H26FNO3S. The first kappa shape index (κ1) is 20.6. The van der Waals surface area contributed by atoms with E-state index < -0.39 is 21.2 Å². The van der Waals surface area contributed by atoms with E-state index in [1.807, 2.05) is 30.3 Å². The summed E-state index contributed by atoms with van der Waals surface area (Å²) in [4.78, 5) is 0. The first-order valence-corrected chi connectivity index (χ1v) is 10.4. The van der Waals surface area contributed by atoms with E-state index in [0.29, 0.717) is 12.2 Å². The van der Waals surface area contributed by atoms with Crippen molar-refractivity contribution in [3.05, 3.63) is 71.0 Å². The molecule has 4 nitrogen and oxygen atoms in total. The van der Waals surface area contributed by atoms with Crippen LogP contribution in [-0.2, 0) is 26.7 Å². The molecule has 26 heavy (non-hydrogen) atoms. The quantitative estimate of drug-likeness (QED) is 0.727. The molecule has 0 saturated heterocycles. The summed E-state index contributed by atoms with van der Waals surface area (Å²) in [5.41, 5.74) is 0.900. The molecule has 0 aliphatic rings. The first-order chi connectivity index (χ1) is 12.3. The van der Waals surface area contributed by atoms with Crippen molar-refractivity contribution in [3.8, 4) is 0 Å². The van der Waals surface area contributed by atoms with Gasteiger partial charge in [0.15, 0.2) is 9.84 Å². The minimum Gasteiger partial charge on any atom is -0.374 e. The molecule has 0 aromatic heterocycles. The van der Waals surface area contributed by atoms with Crippen LogP contribution in [0.5, 0.6) is 0 Å². The lowest BCUT2D eigenvalue weighted by molar-refractivity contribution is 0.0660. The molecule has 0 saturated carbocycles. The first-order valence-electron chi connectivity index (χ1n) is 8.59. The molecule has 0 amide bonds. The Morgan fingerprint density at radius 1 is 1.15 bits per heavy atom. The highest BCUT2D eigenvalue weighted by molar-refractivity contribution is 7.91. The van der Waals surface area contributed by atoms with Crippen molar-refractivity contribution in [3.63, 3.8) is 0 Å². The van der Waals surface area contributed by atoms with Crippen molar-refractivity contribution in [2.24, 2.45) is 0 Å². The molecule has 0 fully saturated rings. The van der Waals surface area contributed by atoms with Gasteiger partial charge in [0.1, 0.15) is 5.82 Å². The second-order valence-corrected chi connectivity index (χ2v) is 8.82. The van der Waals surface area contributed by atoms with Crippen molar-refractivity contribution in [2.75, 3.05) is 25.2 Å². The van der Waals surface area contributed by atoms with Crippen LogP contribution in [0.1, 0.15) is 23.6 Å². The highest BCUT2D eigenvalue weighted by Crippen LogP contribution is 2.28. The number of hydrogen-bond donors (Lipinski definition) is 1. The van der Waals surface area contributed by atoms with Crippen LogP contribution >= 0.6 is 0 Å². The highest BCUT2D eigenvalue weighted by atomic mass is 32.2. The zero-order valence-electron chi connectivity index (χ0n) is 15.5. The number of hydrogen-bond acceptors (Lipinski definition) is 4. The molecule has 0 aliphatic carbocycles. The van der Waals surface area contributed by atoms with E-state index in [-0.39, 0.29) is 18.1 Å². The molecule has 142 valence electrons. The minimum absolute atomic E-state index is 0.0113. The SMILES string of the molecule is CCS(=O)(=O)CC(COCc1ccccc1)(NC)c1ccc(C)cc1F. The second kappa shape index (κ2) is 8.75. The maximum Gasteiger partial charge on any atom is 0.152 e. The van der Waals surface area contributed by atoms with Gasteiger partial charge >= 0.3 is 0 Å². The van der Waals surface area contributed by atoms with Gasteiger partial charge in [0.25, 0.3) is 0 Å². The monoisotopic (exact) mass is 379 g/mol. The Hall–Kier alpha value is -1.76. The molecule has 2 rings (SSSR count). The molecule has 1 atom stereocenters. The third kappa shape index (κ3) is 5.13. The van der Waals surface area contributed by atoms with Crippen LogP contribution in [-0.4, -0.2) is 33.6 Å². The number of ether oxygens (including phenoxy) is 1. The number of nitrogens with one attached hydrogen (secondary N) is 1. The summed E-state index contributed by atoms with van der Waals surface area (Å²) in [6.07, 6.45) is 0. The van der Waals surface area contributed by atoms with Crippen LogP contribution < -0.4 is 5.32 Å². The van der Waals surface area contributed by atoms with Gasteiger partial charge in [0.2, 0.25) is 0 Å². The van der Waals surface area contributed by atoms with Crippen LogP contribution in [0.25, 0.3) is 0 Å². The van der Waals surface area contributed by atoms with E-state index in [9.17, 15) is 12.8 Å². The summed E-state index contributed by atoms with van der Waals surface area (Å²) in [6.45, 7) is 3.75. The standard InChI is InChI=1S/C20H26FNO3S/c1-4-26(23,24)15-20(22-3,18-11-10-16(2)12-19(18)21)14-25-13-17-8-6-5-7-9-17/h5-12,22H,4,13-15H2,1-3H3. The topological polar surface area (TPSA) is 55.4 Å². The van der Waals surface area contributed by atoms with Crippen molar-refractivity contribution in [1.29, 1.82) is 0 Å². The predicted molar refractivity (Wildman–Crippen MR) is 102 cm³/mol. The van der Waals surface area contributed by atoms with Crippen molar-refractivity contribution in [2.45, 2.75) is 26.0 Å². The van der Waals surface area contributed by atoms with Gasteiger partial charge in [0, 0.05) is 11.3 Å². The van der Waals surface area contributed by atoms with Crippen LogP contribution in [0.2, 0.25) is 0 Å². The van der Waals surface area contributed by atoms with E-state index in [1.165, 1.54) is 6.07 Å². The van der Waals surface area contributed by atoms with Crippen LogP contribution in [0.4, 0.5) is 4.39 Å². The summed E-state index contributed by atoms with van der Waals surface area (Å²) in [5.74, 6) is -0.682.